The highest BCUT2D eigenvalue weighted by Gasteiger charge is 2.20. The highest BCUT2D eigenvalue weighted by atomic mass is 16.5. The fraction of sp³-hybridized carbons (Fsp3) is 0.261. The van der Waals surface area contributed by atoms with Crippen molar-refractivity contribution in [3.8, 4) is 22.8 Å². The van der Waals surface area contributed by atoms with Crippen LogP contribution in [0.25, 0.3) is 11.3 Å². The summed E-state index contributed by atoms with van der Waals surface area (Å²) in [4.78, 5) is 6.76. The molecule has 2 aromatic carbocycles. The predicted molar refractivity (Wildman–Crippen MR) is 107 cm³/mol. The molecular formula is C23H24N2O2. The van der Waals surface area contributed by atoms with Crippen LogP contribution in [0.3, 0.4) is 0 Å². The Hall–Kier alpha value is -2.85. The van der Waals surface area contributed by atoms with Gasteiger partial charge in [-0.1, -0.05) is 37.3 Å². The molecule has 27 heavy (non-hydrogen) atoms. The third-order valence-corrected chi connectivity index (χ3v) is 4.99. The number of rotatable bonds is 4. The highest BCUT2D eigenvalue weighted by Crippen LogP contribution is 2.37. The summed E-state index contributed by atoms with van der Waals surface area (Å²) >= 11 is 0. The molecule has 1 aromatic heterocycles. The first kappa shape index (κ1) is 17.6. The molecule has 4 nitrogen and oxygen atoms in total. The van der Waals surface area contributed by atoms with Crippen LogP contribution < -0.4 is 4.74 Å². The topological polar surface area (TPSA) is 45.6 Å². The smallest absolute Gasteiger partial charge is 0.165 e. The van der Waals surface area contributed by atoms with E-state index in [0.29, 0.717) is 12.4 Å². The van der Waals surface area contributed by atoms with Crippen molar-refractivity contribution in [3.05, 3.63) is 77.5 Å². The van der Waals surface area contributed by atoms with Crippen molar-refractivity contribution in [2.45, 2.75) is 26.4 Å². The second-order valence-electron chi connectivity index (χ2n) is 6.93. The van der Waals surface area contributed by atoms with E-state index in [-0.39, 0.29) is 5.75 Å². The van der Waals surface area contributed by atoms with Gasteiger partial charge in [0.25, 0.3) is 0 Å². The molecule has 0 bridgehead atoms. The third kappa shape index (κ3) is 3.96. The number of aromatic hydroxyl groups is 1. The normalized spacial score (nSPS) is 14.3. The average molecular weight is 360 g/mol. The molecule has 0 saturated heterocycles. The van der Waals surface area contributed by atoms with Crippen LogP contribution in [0.5, 0.6) is 11.5 Å². The van der Waals surface area contributed by atoms with Gasteiger partial charge < -0.3 is 9.84 Å². The Bertz CT molecular complexity index is 908. The molecule has 0 radical (unpaired) electrons. The summed E-state index contributed by atoms with van der Waals surface area (Å²) in [6, 6.07) is 18.4. The summed E-state index contributed by atoms with van der Waals surface area (Å²) in [5.41, 5.74) is 5.40. The summed E-state index contributed by atoms with van der Waals surface area (Å²) in [5.74, 6) is 0.779. The maximum atomic E-state index is 10.5. The number of benzene rings is 2. The molecule has 1 N–H and O–H groups in total. The first-order chi connectivity index (χ1) is 13.2. The third-order valence-electron chi connectivity index (χ3n) is 4.99. The molecule has 1 aliphatic rings. The minimum absolute atomic E-state index is 0.183. The zero-order chi connectivity index (χ0) is 18.6. The van der Waals surface area contributed by atoms with E-state index in [2.05, 4.69) is 47.1 Å². The van der Waals surface area contributed by atoms with E-state index in [1.165, 1.54) is 11.1 Å². The van der Waals surface area contributed by atoms with Gasteiger partial charge in [-0.05, 0) is 41.8 Å². The van der Waals surface area contributed by atoms with E-state index in [1.807, 2.05) is 18.2 Å². The largest absolute Gasteiger partial charge is 0.504 e. The Morgan fingerprint density at radius 1 is 1.07 bits per heavy atom. The number of hydrogen-bond donors (Lipinski definition) is 1. The number of fused-ring (bicyclic) bond motifs is 1. The standard InChI is InChI=1S/C23H24N2O2/c1-2-17-6-8-18(9-7-17)15-25-11-12-27-23-20(16-25)13-19(14-22(23)26)21-5-3-4-10-24-21/h3-10,13-14,26H,2,11-12,15-16H2,1H3. The Kier molecular flexibility index (Phi) is 5.07. The molecular weight excluding hydrogens is 336 g/mol. The van der Waals surface area contributed by atoms with Crippen LogP contribution in [-0.2, 0) is 19.5 Å². The number of phenolic OH excluding ortho intramolecular Hbond substituents is 1. The van der Waals surface area contributed by atoms with Gasteiger partial charge in [0, 0.05) is 37.0 Å². The predicted octanol–water partition coefficient (Wildman–Crippen LogP) is 4.41. The van der Waals surface area contributed by atoms with Gasteiger partial charge in [-0.2, -0.15) is 0 Å². The van der Waals surface area contributed by atoms with E-state index in [4.69, 9.17) is 4.74 Å². The fourth-order valence-corrected chi connectivity index (χ4v) is 3.51. The molecule has 138 valence electrons. The minimum Gasteiger partial charge on any atom is -0.504 e. The maximum absolute atomic E-state index is 10.5. The van der Waals surface area contributed by atoms with Crippen LogP contribution in [0, 0.1) is 0 Å². The van der Waals surface area contributed by atoms with Crippen LogP contribution >= 0.6 is 0 Å². The maximum Gasteiger partial charge on any atom is 0.165 e. The molecule has 0 amide bonds. The first-order valence-electron chi connectivity index (χ1n) is 9.43. The number of phenols is 1. The lowest BCUT2D eigenvalue weighted by Crippen LogP contribution is -2.25. The Balaban J connectivity index is 1.59. The van der Waals surface area contributed by atoms with Crippen molar-refractivity contribution in [1.29, 1.82) is 0 Å². The van der Waals surface area contributed by atoms with Gasteiger partial charge in [-0.3, -0.25) is 9.88 Å². The van der Waals surface area contributed by atoms with Crippen LogP contribution in [0.2, 0.25) is 0 Å². The van der Waals surface area contributed by atoms with Crippen LogP contribution in [0.15, 0.2) is 60.8 Å². The van der Waals surface area contributed by atoms with Gasteiger partial charge >= 0.3 is 0 Å². The van der Waals surface area contributed by atoms with Crippen LogP contribution in [0.4, 0.5) is 0 Å². The molecule has 1 aliphatic heterocycles. The summed E-state index contributed by atoms with van der Waals surface area (Å²) in [6.45, 7) is 5.16. The van der Waals surface area contributed by atoms with Crippen molar-refractivity contribution in [2.24, 2.45) is 0 Å². The molecule has 0 aliphatic carbocycles. The van der Waals surface area contributed by atoms with E-state index in [9.17, 15) is 5.11 Å². The van der Waals surface area contributed by atoms with Crippen molar-refractivity contribution >= 4 is 0 Å². The van der Waals surface area contributed by atoms with Gasteiger partial charge in [0.2, 0.25) is 0 Å². The molecule has 0 atom stereocenters. The van der Waals surface area contributed by atoms with Gasteiger partial charge in [-0.15, -0.1) is 0 Å². The SMILES string of the molecule is CCc1ccc(CN2CCOc3c(O)cc(-c4ccccn4)cc3C2)cc1. The summed E-state index contributed by atoms with van der Waals surface area (Å²) in [7, 11) is 0. The number of aromatic nitrogens is 1. The zero-order valence-corrected chi connectivity index (χ0v) is 15.6. The number of pyridine rings is 1. The molecule has 0 spiro atoms. The quantitative estimate of drug-likeness (QED) is 0.748. The Morgan fingerprint density at radius 2 is 1.89 bits per heavy atom. The van der Waals surface area contributed by atoms with E-state index in [0.717, 1.165) is 42.9 Å². The molecule has 2 heterocycles. The second-order valence-corrected chi connectivity index (χ2v) is 6.93. The van der Waals surface area contributed by atoms with Crippen molar-refractivity contribution in [1.82, 2.24) is 9.88 Å². The van der Waals surface area contributed by atoms with Crippen LogP contribution in [0.1, 0.15) is 23.6 Å². The van der Waals surface area contributed by atoms with Crippen LogP contribution in [-0.4, -0.2) is 28.1 Å². The number of nitrogens with zero attached hydrogens (tertiary/aromatic N) is 2. The molecule has 3 aromatic rings. The van der Waals surface area contributed by atoms with Crippen molar-refractivity contribution in [2.75, 3.05) is 13.2 Å². The lowest BCUT2D eigenvalue weighted by Gasteiger charge is -2.20. The van der Waals surface area contributed by atoms with Crippen molar-refractivity contribution in [3.63, 3.8) is 0 Å². The van der Waals surface area contributed by atoms with E-state index >= 15 is 0 Å². The van der Waals surface area contributed by atoms with E-state index in [1.54, 1.807) is 12.3 Å². The lowest BCUT2D eigenvalue weighted by molar-refractivity contribution is 0.217. The number of ether oxygens (including phenoxy) is 1. The van der Waals surface area contributed by atoms with Crippen molar-refractivity contribution < 1.29 is 9.84 Å². The van der Waals surface area contributed by atoms with E-state index < -0.39 is 0 Å². The molecule has 4 rings (SSSR count). The summed E-state index contributed by atoms with van der Waals surface area (Å²) in [6.07, 6.45) is 2.82. The number of hydrogen-bond acceptors (Lipinski definition) is 4. The molecule has 4 heteroatoms. The second kappa shape index (κ2) is 7.80. The average Bonchev–Trinajstić information content (AvgIpc) is 2.91. The fourth-order valence-electron chi connectivity index (χ4n) is 3.51. The Labute approximate surface area is 160 Å². The van der Waals surface area contributed by atoms with Gasteiger partial charge in [0.15, 0.2) is 11.5 Å². The highest BCUT2D eigenvalue weighted by molar-refractivity contribution is 5.66. The monoisotopic (exact) mass is 360 g/mol. The van der Waals surface area contributed by atoms with Gasteiger partial charge in [-0.25, -0.2) is 0 Å². The lowest BCUT2D eigenvalue weighted by atomic mass is 10.0. The molecule has 0 fully saturated rings. The van der Waals surface area contributed by atoms with Gasteiger partial charge in [0.1, 0.15) is 6.61 Å². The minimum atomic E-state index is 0.183. The summed E-state index contributed by atoms with van der Waals surface area (Å²) in [5, 5.41) is 10.5. The van der Waals surface area contributed by atoms with Gasteiger partial charge in [0.05, 0.1) is 5.69 Å². The first-order valence-corrected chi connectivity index (χ1v) is 9.43. The molecule has 0 unspecified atom stereocenters. The Morgan fingerprint density at radius 3 is 2.63 bits per heavy atom. The molecule has 0 saturated carbocycles. The number of aryl methyl sites for hydroxylation is 1. The summed E-state index contributed by atoms with van der Waals surface area (Å²) < 4.78 is 5.86. The zero-order valence-electron chi connectivity index (χ0n) is 15.6.